The Kier molecular flexibility index (Phi) is 20.2. The van der Waals surface area contributed by atoms with Crippen molar-refractivity contribution in [3.05, 3.63) is 118 Å². The van der Waals surface area contributed by atoms with Crippen LogP contribution < -0.4 is 30.5 Å². The van der Waals surface area contributed by atoms with Crippen LogP contribution in [0.2, 0.25) is 0 Å². The van der Waals surface area contributed by atoms with Crippen LogP contribution in [-0.2, 0) is 22.7 Å². The van der Waals surface area contributed by atoms with Crippen molar-refractivity contribution in [2.45, 2.75) is 129 Å². The molecule has 5 aromatic rings. The number of likely N-dealkylation sites (tertiary alicyclic amines) is 3. The number of aromatic nitrogens is 4. The van der Waals surface area contributed by atoms with E-state index in [1.165, 1.54) is 186 Å². The summed E-state index contributed by atoms with van der Waals surface area (Å²) in [6.07, 6.45) is 18.3. The molecular formula is C58H78ClN13O7. The highest BCUT2D eigenvalue weighted by Gasteiger charge is 2.44. The third kappa shape index (κ3) is 16.1. The molecule has 6 fully saturated rings. The summed E-state index contributed by atoms with van der Waals surface area (Å²) in [5, 5.41) is 29.3. The molecule has 79 heavy (non-hydrogen) atoms. The number of rotatable bonds is 10. The molecule has 0 radical (unpaired) electrons. The smallest absolute Gasteiger partial charge is 0.409 e. The Morgan fingerprint density at radius 2 is 1.20 bits per heavy atom. The van der Waals surface area contributed by atoms with Crippen LogP contribution in [-0.4, -0.2) is 139 Å². The largest absolute Gasteiger partial charge is 0.414 e. The van der Waals surface area contributed by atoms with E-state index < -0.39 is 10.4 Å². The van der Waals surface area contributed by atoms with Crippen LogP contribution in [0.25, 0.3) is 0 Å². The third-order valence-corrected chi connectivity index (χ3v) is 16.1. The Labute approximate surface area is 468 Å². The highest BCUT2D eigenvalue weighted by molar-refractivity contribution is 6.61. The molecule has 4 N–H and O–H groups in total. The molecule has 6 aliphatic rings. The topological polar surface area (TPSA) is 219 Å². The van der Waals surface area contributed by atoms with Gasteiger partial charge in [-0.3, -0.25) is 34.6 Å². The van der Waals surface area contributed by atoms with E-state index in [9.17, 15) is 29.3 Å². The van der Waals surface area contributed by atoms with Crippen molar-refractivity contribution < 1.29 is 28.8 Å². The summed E-state index contributed by atoms with van der Waals surface area (Å²) in [4.78, 5) is 66.9. The SMILES string of the molecule is CC(=O)Nc1ccn(C(=O)N2CCC3(CCCN3Cc3cc(C)cc(N4CCCC4)c3)CC2)n1.CC(=O)Nc1ccn[nH]1.Cc1cc(CN2CCCC23CCNCC3)cc(N2CCCC2)c1.O=C(Cl)Oc1ccc([N+](=O)[O-])cc1. The van der Waals surface area contributed by atoms with Crippen molar-refractivity contribution >= 4 is 63.6 Å². The average Bonchev–Trinajstić information content (AvgIpc) is 4.37. The van der Waals surface area contributed by atoms with Gasteiger partial charge in [0.15, 0.2) is 5.82 Å². The maximum absolute atomic E-state index is 13.0. The summed E-state index contributed by atoms with van der Waals surface area (Å²) < 4.78 is 5.79. The predicted molar refractivity (Wildman–Crippen MR) is 308 cm³/mol. The second kappa shape index (κ2) is 27.3. The van der Waals surface area contributed by atoms with Crippen molar-refractivity contribution in [1.82, 2.24) is 40.0 Å². The molecule has 8 heterocycles. The van der Waals surface area contributed by atoms with Gasteiger partial charge in [-0.2, -0.15) is 9.78 Å². The van der Waals surface area contributed by atoms with Gasteiger partial charge < -0.3 is 35.4 Å². The second-order valence-corrected chi connectivity index (χ2v) is 22.1. The lowest BCUT2D eigenvalue weighted by atomic mass is 9.84. The van der Waals surface area contributed by atoms with Gasteiger partial charge in [-0.25, -0.2) is 9.59 Å². The maximum atomic E-state index is 13.0. The molecule has 0 saturated carbocycles. The Hall–Kier alpha value is -6.87. The molecule has 6 saturated heterocycles. The highest BCUT2D eigenvalue weighted by atomic mass is 35.5. The first-order valence-corrected chi connectivity index (χ1v) is 28.4. The summed E-state index contributed by atoms with van der Waals surface area (Å²) in [5.41, 5.74) is 8.13. The van der Waals surface area contributed by atoms with Gasteiger partial charge in [-0.15, -0.1) is 5.10 Å². The number of non-ortho nitro benzene ring substituents is 1. The van der Waals surface area contributed by atoms with E-state index in [1.54, 1.807) is 24.5 Å². The number of nitrogens with zero attached hydrogens (tertiary/aromatic N) is 9. The van der Waals surface area contributed by atoms with Gasteiger partial charge in [0, 0.05) is 131 Å². The molecule has 424 valence electrons. The third-order valence-electron chi connectivity index (χ3n) is 16.1. The number of H-pyrrole nitrogens is 1. The van der Waals surface area contributed by atoms with Gasteiger partial charge in [0.2, 0.25) is 11.8 Å². The minimum Gasteiger partial charge on any atom is -0.414 e. The number of nitro benzene ring substituents is 1. The highest BCUT2D eigenvalue weighted by Crippen LogP contribution is 2.41. The van der Waals surface area contributed by atoms with E-state index in [-0.39, 0.29) is 34.8 Å². The predicted octanol–water partition coefficient (Wildman–Crippen LogP) is 9.86. The molecular weight excluding hydrogens is 1030 g/mol. The molecule has 21 heteroatoms. The fourth-order valence-electron chi connectivity index (χ4n) is 12.3. The van der Waals surface area contributed by atoms with E-state index in [2.05, 4.69) is 106 Å². The molecule has 6 aliphatic heterocycles. The van der Waals surface area contributed by atoms with Crippen LogP contribution in [0.4, 0.5) is 38.3 Å². The van der Waals surface area contributed by atoms with Crippen molar-refractivity contribution in [3.63, 3.8) is 0 Å². The van der Waals surface area contributed by atoms with Crippen LogP contribution in [0.1, 0.15) is 113 Å². The quantitative estimate of drug-likeness (QED) is 0.0581. The number of benzene rings is 3. The monoisotopic (exact) mass is 1100 g/mol. The first-order valence-electron chi connectivity index (χ1n) is 28.0. The number of aromatic amines is 1. The Morgan fingerprint density at radius 3 is 1.68 bits per heavy atom. The van der Waals surface area contributed by atoms with E-state index in [0.29, 0.717) is 17.2 Å². The summed E-state index contributed by atoms with van der Waals surface area (Å²) in [6, 6.07) is 22.5. The standard InChI is InChI=1S/C26H36N6O2.C20H31N3.C7H4ClNO4.C5H7N3O/c1-20-16-22(18-23(17-20)29-10-3-4-11-29)19-31-12-5-7-26(31)8-14-30(15-9-26)25(34)32-13-6-24(28-32)27-21(2)33;1-17-13-18(15-19(14-17)22-10-2-3-11-22)16-23-12-4-5-20(23)6-8-21-9-7-20;8-7(10)13-6-3-1-5(2-4-6)9(11)12;1-4(9)7-5-2-3-6-8-5/h6,13,16-18H,3-5,7-12,14-15,19H2,1-2H3,(H,27,28,33);13-15,21H,2-12,16H2,1H3;1-4H;2-3H,1H3,(H2,6,7,8,9). The number of aryl methyl sites for hydroxylation is 2. The minimum atomic E-state index is -0.978. The molecule has 11 rings (SSSR count). The van der Waals surface area contributed by atoms with Crippen LogP contribution in [0.3, 0.4) is 0 Å². The average molecular weight is 1100 g/mol. The van der Waals surface area contributed by atoms with Crippen LogP contribution in [0.5, 0.6) is 5.75 Å². The lowest BCUT2D eigenvalue weighted by molar-refractivity contribution is -0.384. The number of nitrogens with one attached hydrogen (secondary N) is 4. The molecule has 2 spiro atoms. The first kappa shape index (κ1) is 58.3. The molecule has 3 aromatic carbocycles. The lowest BCUT2D eigenvalue weighted by Gasteiger charge is -2.45. The lowest BCUT2D eigenvalue weighted by Crippen LogP contribution is -2.53. The van der Waals surface area contributed by atoms with Crippen LogP contribution >= 0.6 is 11.6 Å². The number of halogens is 1. The van der Waals surface area contributed by atoms with Crippen molar-refractivity contribution in [2.24, 2.45) is 0 Å². The number of nitro groups is 1. The normalized spacial score (nSPS) is 18.5. The number of amides is 3. The summed E-state index contributed by atoms with van der Waals surface area (Å²) in [6.45, 7) is 20.6. The molecule has 0 atom stereocenters. The Bertz CT molecular complexity index is 2840. The Morgan fingerprint density at radius 1 is 0.671 bits per heavy atom. The number of anilines is 4. The molecule has 0 bridgehead atoms. The van der Waals surface area contributed by atoms with E-state index in [4.69, 9.17) is 11.6 Å². The van der Waals surface area contributed by atoms with E-state index in [0.717, 1.165) is 45.6 Å². The fraction of sp³-hybridized carbons (Fsp3) is 0.517. The second-order valence-electron chi connectivity index (χ2n) is 21.8. The Balaban J connectivity index is 0.000000156. The summed E-state index contributed by atoms with van der Waals surface area (Å²) in [7, 11) is 0. The fourth-order valence-corrected chi connectivity index (χ4v) is 12.4. The van der Waals surface area contributed by atoms with Gasteiger partial charge in [-0.05, 0) is 176 Å². The molecule has 3 amide bonds. The minimum absolute atomic E-state index is 0.0747. The van der Waals surface area contributed by atoms with Crippen molar-refractivity contribution in [3.8, 4) is 5.75 Å². The van der Waals surface area contributed by atoms with E-state index in [1.807, 2.05) is 4.90 Å². The first-order chi connectivity index (χ1) is 38.0. The molecule has 0 unspecified atom stereocenters. The molecule has 20 nitrogen and oxygen atoms in total. The number of carbonyl (C=O) groups excluding carboxylic acids is 4. The van der Waals surface area contributed by atoms with Crippen molar-refractivity contribution in [1.29, 1.82) is 0 Å². The number of hydrogen-bond acceptors (Lipinski definition) is 14. The number of hydrogen-bond donors (Lipinski definition) is 4. The van der Waals surface area contributed by atoms with E-state index >= 15 is 0 Å². The zero-order valence-electron chi connectivity index (χ0n) is 46.3. The zero-order chi connectivity index (χ0) is 55.9. The summed E-state index contributed by atoms with van der Waals surface area (Å²) in [5.74, 6) is 0.912. The van der Waals surface area contributed by atoms with Crippen LogP contribution in [0, 0.1) is 24.0 Å². The number of carbonyl (C=O) groups is 4. The van der Waals surface area contributed by atoms with Gasteiger partial charge in [0.05, 0.1) is 11.1 Å². The van der Waals surface area contributed by atoms with Gasteiger partial charge in [0.1, 0.15) is 11.6 Å². The molecule has 2 aromatic heterocycles. The van der Waals surface area contributed by atoms with Gasteiger partial charge in [-0.1, -0.05) is 12.1 Å². The number of piperidine rings is 2. The molecule has 0 aliphatic carbocycles. The van der Waals surface area contributed by atoms with Gasteiger partial charge in [0.25, 0.3) is 5.69 Å². The van der Waals surface area contributed by atoms with Crippen LogP contribution in [0.15, 0.2) is 85.2 Å². The number of ether oxygens (including phenoxy) is 1. The zero-order valence-corrected chi connectivity index (χ0v) is 47.1. The van der Waals surface area contributed by atoms with Gasteiger partial charge >= 0.3 is 11.5 Å². The van der Waals surface area contributed by atoms with Crippen molar-refractivity contribution in [2.75, 3.05) is 85.9 Å². The summed E-state index contributed by atoms with van der Waals surface area (Å²) >= 11 is 4.92. The maximum Gasteiger partial charge on any atom is 0.409 e.